The van der Waals surface area contributed by atoms with Crippen LogP contribution in [0.3, 0.4) is 0 Å². The van der Waals surface area contributed by atoms with E-state index < -0.39 is 0 Å². The van der Waals surface area contributed by atoms with Crippen molar-refractivity contribution in [2.75, 3.05) is 0 Å². The standard InChI is InChI=1S/C22H19N3O/c1-2-12-25-16-19(20-10-6-7-11-21(20)25)13-18(14-23)22(26)24-15-17-8-4-3-5-9-17/h2-11,13,16H,1,12,15H2,(H,24,26)/b18-13-. The summed E-state index contributed by atoms with van der Waals surface area (Å²) in [5.41, 5.74) is 2.96. The van der Waals surface area contributed by atoms with E-state index in [1.54, 1.807) is 6.08 Å². The van der Waals surface area contributed by atoms with Gasteiger partial charge in [0.25, 0.3) is 5.91 Å². The van der Waals surface area contributed by atoms with E-state index >= 15 is 0 Å². The molecule has 1 N–H and O–H groups in total. The van der Waals surface area contributed by atoms with Crippen molar-refractivity contribution in [3.63, 3.8) is 0 Å². The lowest BCUT2D eigenvalue weighted by atomic mass is 10.1. The van der Waals surface area contributed by atoms with Gasteiger partial charge in [-0.3, -0.25) is 4.79 Å². The van der Waals surface area contributed by atoms with Crippen molar-refractivity contribution in [3.8, 4) is 6.07 Å². The van der Waals surface area contributed by atoms with Crippen LogP contribution in [-0.4, -0.2) is 10.5 Å². The molecule has 0 atom stereocenters. The first-order valence-corrected chi connectivity index (χ1v) is 8.35. The number of carbonyl (C=O) groups excluding carboxylic acids is 1. The van der Waals surface area contributed by atoms with Gasteiger partial charge in [0, 0.05) is 35.8 Å². The molecule has 26 heavy (non-hydrogen) atoms. The zero-order valence-corrected chi connectivity index (χ0v) is 14.4. The molecule has 0 fully saturated rings. The second-order valence-electron chi connectivity index (χ2n) is 5.88. The number of para-hydroxylation sites is 1. The molecule has 0 radical (unpaired) electrons. The van der Waals surface area contributed by atoms with Gasteiger partial charge in [0.1, 0.15) is 11.6 Å². The van der Waals surface area contributed by atoms with Crippen LogP contribution < -0.4 is 5.32 Å². The summed E-state index contributed by atoms with van der Waals surface area (Å²) in [6.45, 7) is 4.83. The van der Waals surface area contributed by atoms with E-state index in [9.17, 15) is 10.1 Å². The van der Waals surface area contributed by atoms with Crippen LogP contribution in [0.25, 0.3) is 17.0 Å². The monoisotopic (exact) mass is 341 g/mol. The molecule has 2 aromatic carbocycles. The predicted octanol–water partition coefficient (Wildman–Crippen LogP) is 4.05. The van der Waals surface area contributed by atoms with Crippen molar-refractivity contribution in [2.24, 2.45) is 0 Å². The van der Waals surface area contributed by atoms with Gasteiger partial charge in [0.15, 0.2) is 0 Å². The van der Waals surface area contributed by atoms with Gasteiger partial charge < -0.3 is 9.88 Å². The van der Waals surface area contributed by atoms with Crippen LogP contribution >= 0.6 is 0 Å². The Morgan fingerprint density at radius 1 is 1.15 bits per heavy atom. The molecule has 3 rings (SSSR count). The van der Waals surface area contributed by atoms with Crippen LogP contribution in [0.5, 0.6) is 0 Å². The Bertz CT molecular complexity index is 1010. The van der Waals surface area contributed by atoms with Crippen molar-refractivity contribution in [2.45, 2.75) is 13.1 Å². The van der Waals surface area contributed by atoms with Gasteiger partial charge in [-0.1, -0.05) is 54.6 Å². The molecular formula is C22H19N3O. The van der Waals surface area contributed by atoms with Crippen molar-refractivity contribution < 1.29 is 4.79 Å². The number of fused-ring (bicyclic) bond motifs is 1. The van der Waals surface area contributed by atoms with Crippen molar-refractivity contribution in [1.29, 1.82) is 5.26 Å². The van der Waals surface area contributed by atoms with Crippen LogP contribution in [0.4, 0.5) is 0 Å². The molecule has 1 amide bonds. The van der Waals surface area contributed by atoms with Crippen molar-refractivity contribution in [1.82, 2.24) is 9.88 Å². The number of aromatic nitrogens is 1. The first-order valence-electron chi connectivity index (χ1n) is 8.35. The lowest BCUT2D eigenvalue weighted by molar-refractivity contribution is -0.117. The second-order valence-corrected chi connectivity index (χ2v) is 5.88. The molecule has 0 spiro atoms. The molecule has 0 aliphatic carbocycles. The van der Waals surface area contributed by atoms with Gasteiger partial charge in [0.2, 0.25) is 0 Å². The maximum atomic E-state index is 12.4. The fourth-order valence-corrected chi connectivity index (χ4v) is 2.86. The fourth-order valence-electron chi connectivity index (χ4n) is 2.86. The number of amides is 1. The van der Waals surface area contributed by atoms with Gasteiger partial charge >= 0.3 is 0 Å². The summed E-state index contributed by atoms with van der Waals surface area (Å²) in [5, 5.41) is 13.2. The predicted molar refractivity (Wildman–Crippen MR) is 104 cm³/mol. The molecule has 4 heteroatoms. The quantitative estimate of drug-likeness (QED) is 0.418. The van der Waals surface area contributed by atoms with Gasteiger partial charge in [0.05, 0.1) is 0 Å². The van der Waals surface area contributed by atoms with Crippen LogP contribution in [0.1, 0.15) is 11.1 Å². The molecule has 3 aromatic rings. The number of allylic oxidation sites excluding steroid dienone is 1. The summed E-state index contributed by atoms with van der Waals surface area (Å²) in [5.74, 6) is -0.378. The Labute approximate surface area is 152 Å². The molecule has 0 bridgehead atoms. The van der Waals surface area contributed by atoms with Gasteiger partial charge in [-0.15, -0.1) is 6.58 Å². The Kier molecular flexibility index (Phi) is 5.31. The van der Waals surface area contributed by atoms with Gasteiger partial charge in [-0.25, -0.2) is 0 Å². The van der Waals surface area contributed by atoms with Crippen molar-refractivity contribution >= 4 is 22.9 Å². The topological polar surface area (TPSA) is 57.8 Å². The Morgan fingerprint density at radius 3 is 2.62 bits per heavy atom. The highest BCUT2D eigenvalue weighted by atomic mass is 16.1. The number of carbonyl (C=O) groups is 1. The third-order valence-electron chi connectivity index (χ3n) is 4.11. The summed E-state index contributed by atoms with van der Waals surface area (Å²) in [7, 11) is 0. The Balaban J connectivity index is 1.87. The number of hydrogen-bond acceptors (Lipinski definition) is 2. The first kappa shape index (κ1) is 17.2. The molecule has 0 saturated heterocycles. The normalized spacial score (nSPS) is 11.1. The van der Waals surface area contributed by atoms with E-state index in [0.29, 0.717) is 13.1 Å². The molecule has 4 nitrogen and oxygen atoms in total. The minimum absolute atomic E-state index is 0.0856. The summed E-state index contributed by atoms with van der Waals surface area (Å²) in [4.78, 5) is 12.4. The van der Waals surface area contributed by atoms with E-state index in [2.05, 4.69) is 11.9 Å². The molecule has 128 valence electrons. The molecular weight excluding hydrogens is 322 g/mol. The van der Waals surface area contributed by atoms with E-state index in [-0.39, 0.29) is 11.5 Å². The summed E-state index contributed by atoms with van der Waals surface area (Å²) >= 11 is 0. The number of nitriles is 1. The highest BCUT2D eigenvalue weighted by Gasteiger charge is 2.12. The third kappa shape index (κ3) is 3.73. The zero-order valence-electron chi connectivity index (χ0n) is 14.4. The van der Waals surface area contributed by atoms with E-state index in [1.165, 1.54) is 0 Å². The minimum Gasteiger partial charge on any atom is -0.347 e. The number of rotatable bonds is 6. The van der Waals surface area contributed by atoms with Crippen LogP contribution in [0.2, 0.25) is 0 Å². The molecule has 1 heterocycles. The average Bonchev–Trinajstić information content (AvgIpc) is 3.03. The van der Waals surface area contributed by atoms with Crippen molar-refractivity contribution in [3.05, 3.63) is 90.1 Å². The maximum absolute atomic E-state index is 12.4. The van der Waals surface area contributed by atoms with E-state index in [1.807, 2.05) is 77.5 Å². The highest BCUT2D eigenvalue weighted by molar-refractivity contribution is 6.04. The van der Waals surface area contributed by atoms with Crippen LogP contribution in [-0.2, 0) is 17.9 Å². The third-order valence-corrected chi connectivity index (χ3v) is 4.11. The van der Waals surface area contributed by atoms with E-state index in [0.717, 1.165) is 22.0 Å². The van der Waals surface area contributed by atoms with E-state index in [4.69, 9.17) is 0 Å². The molecule has 0 aliphatic rings. The Morgan fingerprint density at radius 2 is 1.88 bits per heavy atom. The number of nitrogens with zero attached hydrogens (tertiary/aromatic N) is 2. The maximum Gasteiger partial charge on any atom is 0.262 e. The number of hydrogen-bond donors (Lipinski definition) is 1. The van der Waals surface area contributed by atoms with Crippen LogP contribution in [0.15, 0.2) is 79.0 Å². The number of benzene rings is 2. The summed E-state index contributed by atoms with van der Waals surface area (Å²) < 4.78 is 2.05. The minimum atomic E-state index is -0.378. The molecule has 0 aliphatic heterocycles. The lowest BCUT2D eigenvalue weighted by Crippen LogP contribution is -2.23. The molecule has 0 saturated carbocycles. The van der Waals surface area contributed by atoms with Crippen LogP contribution in [0, 0.1) is 11.3 Å². The summed E-state index contributed by atoms with van der Waals surface area (Å²) in [6.07, 6.45) is 5.40. The highest BCUT2D eigenvalue weighted by Crippen LogP contribution is 2.23. The average molecular weight is 341 g/mol. The Hall–Kier alpha value is -3.58. The zero-order chi connectivity index (χ0) is 18.4. The van der Waals surface area contributed by atoms with Gasteiger partial charge in [-0.05, 0) is 17.7 Å². The molecule has 0 unspecified atom stereocenters. The molecule has 1 aromatic heterocycles. The smallest absolute Gasteiger partial charge is 0.262 e. The van der Waals surface area contributed by atoms with Gasteiger partial charge in [-0.2, -0.15) is 5.26 Å². The number of nitrogens with one attached hydrogen (secondary N) is 1. The largest absolute Gasteiger partial charge is 0.347 e. The SMILES string of the molecule is C=CCn1cc(/C=C(/C#N)C(=O)NCc2ccccc2)c2ccccc21. The summed E-state index contributed by atoms with van der Waals surface area (Å²) in [6, 6.07) is 19.5. The first-order chi connectivity index (χ1) is 12.7. The fraction of sp³-hybridized carbons (Fsp3) is 0.0909. The lowest BCUT2D eigenvalue weighted by Gasteiger charge is -2.04. The second kappa shape index (κ2) is 8.00.